The van der Waals surface area contributed by atoms with Crippen LogP contribution in [0, 0.1) is 12.8 Å². The Bertz CT molecular complexity index is 573. The highest BCUT2D eigenvalue weighted by Gasteiger charge is 2.39. The van der Waals surface area contributed by atoms with Gasteiger partial charge >= 0.3 is 0 Å². The molecule has 4 nitrogen and oxygen atoms in total. The van der Waals surface area contributed by atoms with Crippen molar-refractivity contribution < 1.29 is 13.5 Å². The van der Waals surface area contributed by atoms with E-state index in [1.54, 1.807) is 19.1 Å². The summed E-state index contributed by atoms with van der Waals surface area (Å²) in [6, 6.07) is 4.50. The van der Waals surface area contributed by atoms with Gasteiger partial charge in [0.2, 0.25) is 10.0 Å². The second-order valence-electron chi connectivity index (χ2n) is 5.04. The van der Waals surface area contributed by atoms with Crippen molar-refractivity contribution in [1.82, 2.24) is 4.31 Å². The van der Waals surface area contributed by atoms with Crippen LogP contribution in [0.4, 0.5) is 0 Å². The van der Waals surface area contributed by atoms with Crippen molar-refractivity contribution in [2.75, 3.05) is 13.2 Å². The van der Waals surface area contributed by atoms with Gasteiger partial charge in [0.1, 0.15) is 0 Å². The Labute approximate surface area is 119 Å². The third-order valence-electron chi connectivity index (χ3n) is 3.76. The SMILES string of the molecule is Cc1ccc(Cl)cc1S(=O)(=O)N1CCC(C)C1CO. The fourth-order valence-corrected chi connectivity index (χ4v) is 4.74. The van der Waals surface area contributed by atoms with E-state index in [0.717, 1.165) is 6.42 Å². The summed E-state index contributed by atoms with van der Waals surface area (Å²) >= 11 is 5.90. The lowest BCUT2D eigenvalue weighted by molar-refractivity contribution is 0.191. The molecule has 1 fully saturated rings. The number of aliphatic hydroxyl groups excluding tert-OH is 1. The van der Waals surface area contributed by atoms with Crippen LogP contribution in [0.2, 0.25) is 5.02 Å². The van der Waals surface area contributed by atoms with Crippen LogP contribution < -0.4 is 0 Å². The van der Waals surface area contributed by atoms with Crippen molar-refractivity contribution in [2.24, 2.45) is 5.92 Å². The number of hydrogen-bond donors (Lipinski definition) is 1. The maximum absolute atomic E-state index is 12.7. The first-order chi connectivity index (χ1) is 8.87. The number of nitrogens with zero attached hydrogens (tertiary/aromatic N) is 1. The minimum absolute atomic E-state index is 0.153. The number of aryl methyl sites for hydroxylation is 1. The largest absolute Gasteiger partial charge is 0.395 e. The molecule has 1 aromatic carbocycles. The Morgan fingerprint density at radius 2 is 2.16 bits per heavy atom. The van der Waals surface area contributed by atoms with Crippen LogP contribution in [-0.2, 0) is 10.0 Å². The number of halogens is 1. The van der Waals surface area contributed by atoms with Crippen LogP contribution in [0.15, 0.2) is 23.1 Å². The van der Waals surface area contributed by atoms with Crippen molar-refractivity contribution in [1.29, 1.82) is 0 Å². The summed E-state index contributed by atoms with van der Waals surface area (Å²) < 4.78 is 26.8. The minimum atomic E-state index is -3.60. The molecule has 1 N–H and O–H groups in total. The maximum Gasteiger partial charge on any atom is 0.243 e. The fraction of sp³-hybridized carbons (Fsp3) is 0.538. The summed E-state index contributed by atoms with van der Waals surface area (Å²) in [5, 5.41) is 9.81. The molecule has 0 aliphatic carbocycles. The van der Waals surface area contributed by atoms with Crippen LogP contribution in [-0.4, -0.2) is 37.0 Å². The molecule has 1 aliphatic rings. The van der Waals surface area contributed by atoms with Gasteiger partial charge in [-0.05, 0) is 37.0 Å². The monoisotopic (exact) mass is 303 g/mol. The highest BCUT2D eigenvalue weighted by Crippen LogP contribution is 2.31. The molecule has 0 aromatic heterocycles. The van der Waals surface area contributed by atoms with Crippen LogP contribution in [0.25, 0.3) is 0 Å². The molecule has 0 radical (unpaired) electrons. The highest BCUT2D eigenvalue weighted by molar-refractivity contribution is 7.89. The second-order valence-corrected chi connectivity index (χ2v) is 7.34. The quantitative estimate of drug-likeness (QED) is 0.929. The zero-order chi connectivity index (χ0) is 14.2. The minimum Gasteiger partial charge on any atom is -0.395 e. The second kappa shape index (κ2) is 5.40. The number of sulfonamides is 1. The van der Waals surface area contributed by atoms with Gasteiger partial charge in [0.15, 0.2) is 0 Å². The lowest BCUT2D eigenvalue weighted by Crippen LogP contribution is -2.40. The Morgan fingerprint density at radius 3 is 2.79 bits per heavy atom. The van der Waals surface area contributed by atoms with Gasteiger partial charge in [-0.1, -0.05) is 24.6 Å². The molecule has 1 aliphatic heterocycles. The number of hydrogen-bond acceptors (Lipinski definition) is 3. The Kier molecular flexibility index (Phi) is 4.20. The summed E-state index contributed by atoms with van der Waals surface area (Å²) in [7, 11) is -3.60. The van der Waals surface area contributed by atoms with E-state index in [1.165, 1.54) is 10.4 Å². The van der Waals surface area contributed by atoms with Crippen molar-refractivity contribution in [3.05, 3.63) is 28.8 Å². The Morgan fingerprint density at radius 1 is 1.47 bits per heavy atom. The van der Waals surface area contributed by atoms with Gasteiger partial charge in [-0.25, -0.2) is 8.42 Å². The lowest BCUT2D eigenvalue weighted by Gasteiger charge is -2.25. The number of aliphatic hydroxyl groups is 1. The molecule has 0 saturated carbocycles. The van der Waals surface area contributed by atoms with E-state index in [-0.39, 0.29) is 23.5 Å². The van der Waals surface area contributed by atoms with Crippen LogP contribution in [0.1, 0.15) is 18.9 Å². The summed E-state index contributed by atoms with van der Waals surface area (Å²) in [6.07, 6.45) is 0.768. The van der Waals surface area contributed by atoms with E-state index in [4.69, 9.17) is 11.6 Å². The average Bonchev–Trinajstić information content (AvgIpc) is 2.74. The summed E-state index contributed by atoms with van der Waals surface area (Å²) in [6.45, 7) is 4.00. The van der Waals surface area contributed by atoms with Crippen LogP contribution in [0.3, 0.4) is 0 Å². The predicted molar refractivity (Wildman–Crippen MR) is 74.7 cm³/mol. The molecule has 2 unspecified atom stereocenters. The normalized spacial score (nSPS) is 24.8. The number of benzene rings is 1. The van der Waals surface area contributed by atoms with E-state index in [9.17, 15) is 13.5 Å². The first kappa shape index (κ1) is 14.8. The molecular weight excluding hydrogens is 286 g/mol. The number of rotatable bonds is 3. The molecule has 1 aromatic rings. The third-order valence-corrected chi connectivity index (χ3v) is 6.06. The molecule has 1 heterocycles. The molecule has 2 atom stereocenters. The first-order valence-corrected chi connectivity index (χ1v) is 8.08. The first-order valence-electron chi connectivity index (χ1n) is 6.26. The van der Waals surface area contributed by atoms with Gasteiger partial charge < -0.3 is 5.11 Å². The lowest BCUT2D eigenvalue weighted by atomic mass is 10.0. The zero-order valence-electron chi connectivity index (χ0n) is 11.0. The summed E-state index contributed by atoms with van der Waals surface area (Å²) in [4.78, 5) is 0.229. The molecule has 0 amide bonds. The van der Waals surface area contributed by atoms with Gasteiger partial charge in [0.25, 0.3) is 0 Å². The Balaban J connectivity index is 2.45. The molecule has 0 spiro atoms. The van der Waals surface area contributed by atoms with Crippen molar-refractivity contribution >= 4 is 21.6 Å². The van der Waals surface area contributed by atoms with E-state index in [2.05, 4.69) is 0 Å². The molecule has 6 heteroatoms. The summed E-state index contributed by atoms with van der Waals surface area (Å²) in [5.41, 5.74) is 0.667. The molecule has 106 valence electrons. The molecule has 19 heavy (non-hydrogen) atoms. The van der Waals surface area contributed by atoms with E-state index in [0.29, 0.717) is 17.1 Å². The maximum atomic E-state index is 12.7. The van der Waals surface area contributed by atoms with Gasteiger partial charge in [0.05, 0.1) is 17.5 Å². The van der Waals surface area contributed by atoms with Crippen molar-refractivity contribution in [2.45, 2.75) is 31.2 Å². The van der Waals surface area contributed by atoms with Gasteiger partial charge in [0, 0.05) is 11.6 Å². The molecule has 2 rings (SSSR count). The molecule has 0 bridgehead atoms. The van der Waals surface area contributed by atoms with Crippen molar-refractivity contribution in [3.8, 4) is 0 Å². The van der Waals surface area contributed by atoms with Gasteiger partial charge in [-0.15, -0.1) is 0 Å². The topological polar surface area (TPSA) is 57.6 Å². The van der Waals surface area contributed by atoms with E-state index >= 15 is 0 Å². The summed E-state index contributed by atoms with van der Waals surface area (Å²) in [5.74, 6) is 0.166. The standard InChI is InChI=1S/C13H18ClNO3S/c1-9-5-6-15(12(9)8-16)19(17,18)13-7-11(14)4-3-10(13)2/h3-4,7,9,12,16H,5-6,8H2,1-2H3. The predicted octanol–water partition coefficient (Wildman–Crippen LogP) is 2.04. The zero-order valence-corrected chi connectivity index (χ0v) is 12.6. The Hall–Kier alpha value is -0.620. The smallest absolute Gasteiger partial charge is 0.243 e. The van der Waals surface area contributed by atoms with Gasteiger partial charge in [-0.2, -0.15) is 4.31 Å². The van der Waals surface area contributed by atoms with Crippen LogP contribution in [0.5, 0.6) is 0 Å². The van der Waals surface area contributed by atoms with Gasteiger partial charge in [-0.3, -0.25) is 0 Å². The molecule has 1 saturated heterocycles. The fourth-order valence-electron chi connectivity index (χ4n) is 2.52. The van der Waals surface area contributed by atoms with E-state index in [1.807, 2.05) is 6.92 Å². The third kappa shape index (κ3) is 2.65. The van der Waals surface area contributed by atoms with E-state index < -0.39 is 10.0 Å². The molecular formula is C13H18ClNO3S. The highest BCUT2D eigenvalue weighted by atomic mass is 35.5. The van der Waals surface area contributed by atoms with Crippen LogP contribution >= 0.6 is 11.6 Å². The average molecular weight is 304 g/mol. The van der Waals surface area contributed by atoms with Crippen molar-refractivity contribution in [3.63, 3.8) is 0 Å².